The van der Waals surface area contributed by atoms with Gasteiger partial charge in [0.15, 0.2) is 0 Å². The van der Waals surface area contributed by atoms with Crippen LogP contribution in [-0.4, -0.2) is 28.6 Å². The number of aromatic nitrogens is 3. The number of ether oxygens (including phenoxy) is 1. The second-order valence-electron chi connectivity index (χ2n) is 5.19. The molecule has 5 nitrogen and oxygen atoms in total. The highest BCUT2D eigenvalue weighted by atomic mass is 16.5. The first-order chi connectivity index (χ1) is 11.4. The Kier molecular flexibility index (Phi) is 5.01. The van der Waals surface area contributed by atoms with Crippen molar-refractivity contribution in [3.8, 4) is 5.88 Å². The molecule has 0 amide bonds. The summed E-state index contributed by atoms with van der Waals surface area (Å²) >= 11 is 0. The molecule has 118 valence electrons. The van der Waals surface area contributed by atoms with Crippen LogP contribution in [0.4, 0.5) is 0 Å². The van der Waals surface area contributed by atoms with Crippen molar-refractivity contribution in [1.29, 1.82) is 0 Å². The monoisotopic (exact) mass is 308 g/mol. The summed E-state index contributed by atoms with van der Waals surface area (Å²) < 4.78 is 5.05. The zero-order valence-corrected chi connectivity index (χ0v) is 13.1. The van der Waals surface area contributed by atoms with Gasteiger partial charge in [-0.2, -0.15) is 9.90 Å². The number of methoxy groups -OCH3 is 1. The van der Waals surface area contributed by atoms with Crippen LogP contribution >= 0.6 is 0 Å². The van der Waals surface area contributed by atoms with Crippen LogP contribution in [0.1, 0.15) is 17.2 Å². The van der Waals surface area contributed by atoms with Crippen LogP contribution in [0.5, 0.6) is 5.88 Å². The summed E-state index contributed by atoms with van der Waals surface area (Å²) in [6, 6.07) is 21.0. The van der Waals surface area contributed by atoms with E-state index >= 15 is 0 Å². The summed E-state index contributed by atoms with van der Waals surface area (Å²) in [5, 5.41) is 12.0. The smallest absolute Gasteiger partial charge is 0.253 e. The van der Waals surface area contributed by atoms with E-state index in [9.17, 15) is 0 Å². The van der Waals surface area contributed by atoms with Crippen molar-refractivity contribution in [3.05, 3.63) is 78.0 Å². The van der Waals surface area contributed by atoms with Crippen LogP contribution in [-0.2, 0) is 6.54 Å². The number of nitrogens with zero attached hydrogens (tertiary/aromatic N) is 3. The summed E-state index contributed by atoms with van der Waals surface area (Å²) in [4.78, 5) is 1.64. The lowest BCUT2D eigenvalue weighted by molar-refractivity contribution is 0.384. The molecule has 5 heteroatoms. The van der Waals surface area contributed by atoms with Crippen molar-refractivity contribution in [3.63, 3.8) is 0 Å². The number of hydrogen-bond donors (Lipinski definition) is 1. The summed E-state index contributed by atoms with van der Waals surface area (Å²) in [5.74, 6) is 0.535. The van der Waals surface area contributed by atoms with E-state index in [1.54, 1.807) is 18.1 Å². The Morgan fingerprint density at radius 3 is 2.13 bits per heavy atom. The van der Waals surface area contributed by atoms with Gasteiger partial charge in [0.05, 0.1) is 19.7 Å². The molecule has 0 radical (unpaired) electrons. The molecule has 2 aromatic carbocycles. The molecule has 23 heavy (non-hydrogen) atoms. The van der Waals surface area contributed by atoms with Crippen LogP contribution in [0.3, 0.4) is 0 Å². The van der Waals surface area contributed by atoms with Crippen molar-refractivity contribution >= 4 is 0 Å². The molecule has 0 spiro atoms. The van der Waals surface area contributed by atoms with E-state index in [1.165, 1.54) is 11.1 Å². The lowest BCUT2D eigenvalue weighted by Crippen LogP contribution is -2.26. The fourth-order valence-electron chi connectivity index (χ4n) is 2.51. The fraction of sp³-hybridized carbons (Fsp3) is 0.222. The summed E-state index contributed by atoms with van der Waals surface area (Å²) in [6.45, 7) is 1.44. The average Bonchev–Trinajstić information content (AvgIpc) is 3.08. The third-order valence-electron chi connectivity index (χ3n) is 3.65. The number of rotatable bonds is 7. The molecule has 0 aliphatic heterocycles. The van der Waals surface area contributed by atoms with Gasteiger partial charge in [-0.15, -0.1) is 5.10 Å². The maximum absolute atomic E-state index is 5.05. The van der Waals surface area contributed by atoms with Crippen LogP contribution in [0.15, 0.2) is 66.9 Å². The van der Waals surface area contributed by atoms with Crippen molar-refractivity contribution in [2.45, 2.75) is 12.6 Å². The number of nitrogens with one attached hydrogen (secondary N) is 1. The third-order valence-corrected chi connectivity index (χ3v) is 3.65. The first-order valence-electron chi connectivity index (χ1n) is 7.64. The Labute approximate surface area is 135 Å². The van der Waals surface area contributed by atoms with E-state index in [1.807, 2.05) is 12.1 Å². The molecule has 0 saturated heterocycles. The zero-order valence-electron chi connectivity index (χ0n) is 13.1. The van der Waals surface area contributed by atoms with Gasteiger partial charge in [-0.05, 0) is 11.1 Å². The summed E-state index contributed by atoms with van der Waals surface area (Å²) in [5.41, 5.74) is 2.48. The van der Waals surface area contributed by atoms with Gasteiger partial charge >= 0.3 is 0 Å². The second-order valence-corrected chi connectivity index (χ2v) is 5.19. The molecule has 3 rings (SSSR count). The zero-order chi connectivity index (χ0) is 15.9. The molecule has 0 atom stereocenters. The molecule has 0 aliphatic carbocycles. The molecule has 1 aromatic heterocycles. The molecule has 3 aromatic rings. The van der Waals surface area contributed by atoms with Gasteiger partial charge in [0, 0.05) is 6.54 Å². The molecule has 0 fully saturated rings. The Morgan fingerprint density at radius 1 is 1.00 bits per heavy atom. The van der Waals surface area contributed by atoms with Crippen molar-refractivity contribution in [2.75, 3.05) is 13.7 Å². The van der Waals surface area contributed by atoms with E-state index in [2.05, 4.69) is 64.0 Å². The normalized spacial score (nSPS) is 10.9. The van der Waals surface area contributed by atoms with Gasteiger partial charge in [-0.3, -0.25) is 0 Å². The van der Waals surface area contributed by atoms with Gasteiger partial charge in [-0.1, -0.05) is 60.7 Å². The summed E-state index contributed by atoms with van der Waals surface area (Å²) in [7, 11) is 1.59. The van der Waals surface area contributed by atoms with E-state index in [4.69, 9.17) is 4.74 Å². The maximum atomic E-state index is 5.05. The lowest BCUT2D eigenvalue weighted by Gasteiger charge is -2.19. The SMILES string of the molecule is COc1cnn(CCNC(c2ccccc2)c2ccccc2)n1. The molecule has 0 unspecified atom stereocenters. The highest BCUT2D eigenvalue weighted by Gasteiger charge is 2.12. The fourth-order valence-corrected chi connectivity index (χ4v) is 2.51. The molecule has 1 N–H and O–H groups in total. The second kappa shape index (κ2) is 7.56. The van der Waals surface area contributed by atoms with Gasteiger partial charge in [-0.25, -0.2) is 0 Å². The number of hydrogen-bond acceptors (Lipinski definition) is 4. The van der Waals surface area contributed by atoms with E-state index in [-0.39, 0.29) is 6.04 Å². The molecular weight excluding hydrogens is 288 g/mol. The standard InChI is InChI=1S/C18H20N4O/c1-23-17-14-20-22(21-17)13-12-19-18(15-8-4-2-5-9-15)16-10-6-3-7-11-16/h2-11,14,18-19H,12-13H2,1H3. The quantitative estimate of drug-likeness (QED) is 0.729. The minimum absolute atomic E-state index is 0.148. The Bertz CT molecular complexity index is 673. The van der Waals surface area contributed by atoms with Gasteiger partial charge in [0.2, 0.25) is 0 Å². The average molecular weight is 308 g/mol. The highest BCUT2D eigenvalue weighted by molar-refractivity contribution is 5.31. The molecular formula is C18H20N4O. The van der Waals surface area contributed by atoms with Crippen LogP contribution < -0.4 is 10.1 Å². The number of benzene rings is 2. The minimum Gasteiger partial charge on any atom is -0.479 e. The van der Waals surface area contributed by atoms with Crippen LogP contribution in [0.25, 0.3) is 0 Å². The van der Waals surface area contributed by atoms with Crippen molar-refractivity contribution < 1.29 is 4.74 Å². The molecule has 1 heterocycles. The highest BCUT2D eigenvalue weighted by Crippen LogP contribution is 2.21. The predicted octanol–water partition coefficient (Wildman–Crippen LogP) is 2.67. The minimum atomic E-state index is 0.148. The largest absolute Gasteiger partial charge is 0.479 e. The van der Waals surface area contributed by atoms with E-state index < -0.39 is 0 Å². The van der Waals surface area contributed by atoms with Gasteiger partial charge < -0.3 is 10.1 Å². The molecule has 0 aliphatic rings. The maximum Gasteiger partial charge on any atom is 0.253 e. The Hall–Kier alpha value is -2.66. The van der Waals surface area contributed by atoms with Crippen LogP contribution in [0.2, 0.25) is 0 Å². The van der Waals surface area contributed by atoms with Crippen molar-refractivity contribution in [2.24, 2.45) is 0 Å². The molecule has 0 bridgehead atoms. The molecule has 0 saturated carbocycles. The van der Waals surface area contributed by atoms with Gasteiger partial charge in [0.25, 0.3) is 5.88 Å². The Balaban J connectivity index is 1.69. The summed E-state index contributed by atoms with van der Waals surface area (Å²) in [6.07, 6.45) is 1.62. The first-order valence-corrected chi connectivity index (χ1v) is 7.64. The van der Waals surface area contributed by atoms with Crippen molar-refractivity contribution in [1.82, 2.24) is 20.3 Å². The first kappa shape index (κ1) is 15.2. The lowest BCUT2D eigenvalue weighted by atomic mass is 9.99. The topological polar surface area (TPSA) is 52.0 Å². The predicted molar refractivity (Wildman–Crippen MR) is 89.3 cm³/mol. The van der Waals surface area contributed by atoms with Crippen LogP contribution in [0, 0.1) is 0 Å². The van der Waals surface area contributed by atoms with E-state index in [0.717, 1.165) is 6.54 Å². The Morgan fingerprint density at radius 2 is 1.61 bits per heavy atom. The van der Waals surface area contributed by atoms with Gasteiger partial charge in [0.1, 0.15) is 6.20 Å². The third kappa shape index (κ3) is 3.96. The van der Waals surface area contributed by atoms with E-state index in [0.29, 0.717) is 12.4 Å².